The van der Waals surface area contributed by atoms with Gasteiger partial charge in [0.25, 0.3) is 0 Å². The molecule has 0 saturated heterocycles. The summed E-state index contributed by atoms with van der Waals surface area (Å²) >= 11 is 0. The van der Waals surface area contributed by atoms with Crippen LogP contribution in [0.5, 0.6) is 17.2 Å². The van der Waals surface area contributed by atoms with Crippen molar-refractivity contribution < 1.29 is 14.2 Å². The highest BCUT2D eigenvalue weighted by molar-refractivity contribution is 5.72. The number of anilines is 2. The first-order valence-corrected chi connectivity index (χ1v) is 8.47. The van der Waals surface area contributed by atoms with Crippen molar-refractivity contribution in [3.8, 4) is 28.5 Å². The van der Waals surface area contributed by atoms with Crippen molar-refractivity contribution in [3.63, 3.8) is 0 Å². The zero-order chi connectivity index (χ0) is 18.2. The topological polar surface area (TPSA) is 69.9 Å². The largest absolute Gasteiger partial charge is 0.496 e. The Balaban J connectivity index is 1.53. The molecule has 0 radical (unpaired) electrons. The van der Waals surface area contributed by atoms with E-state index >= 15 is 0 Å². The average Bonchev–Trinajstić information content (AvgIpc) is 3.34. The first-order valence-electron chi connectivity index (χ1n) is 8.47. The molecule has 0 saturated carbocycles. The molecule has 7 heteroatoms. The molecule has 27 heavy (non-hydrogen) atoms. The molecule has 5 rings (SSSR count). The molecule has 7 nitrogen and oxygen atoms in total. The summed E-state index contributed by atoms with van der Waals surface area (Å²) < 4.78 is 18.1. The van der Waals surface area contributed by atoms with Crippen molar-refractivity contribution >= 4 is 17.2 Å². The second-order valence-electron chi connectivity index (χ2n) is 6.03. The Morgan fingerprint density at radius 3 is 2.85 bits per heavy atom. The van der Waals surface area contributed by atoms with Crippen molar-refractivity contribution in [2.45, 2.75) is 0 Å². The summed E-state index contributed by atoms with van der Waals surface area (Å²) in [4.78, 5) is 4.40. The lowest BCUT2D eigenvalue weighted by atomic mass is 10.1. The maximum atomic E-state index is 5.49. The van der Waals surface area contributed by atoms with Gasteiger partial charge in [0.2, 0.25) is 12.7 Å². The summed E-state index contributed by atoms with van der Waals surface area (Å²) in [6.45, 7) is 0.243. The predicted molar refractivity (Wildman–Crippen MR) is 101 cm³/mol. The standard InChI is InChI=1S/C20H16N4O3/c1-25-17-5-3-2-4-15(17)16-8-7-14-11-21-20(23-24(14)16)22-13-6-9-18-19(10-13)27-12-26-18/h2-11H,12H2,1H3,(H,22,23). The molecule has 134 valence electrons. The molecule has 1 N–H and O–H groups in total. The summed E-state index contributed by atoms with van der Waals surface area (Å²) in [6.07, 6.45) is 1.78. The van der Waals surface area contributed by atoms with Gasteiger partial charge in [0.15, 0.2) is 11.5 Å². The van der Waals surface area contributed by atoms with Gasteiger partial charge in [-0.05, 0) is 36.4 Å². The molecule has 0 bridgehead atoms. The van der Waals surface area contributed by atoms with Gasteiger partial charge in [0, 0.05) is 17.3 Å². The van der Waals surface area contributed by atoms with Crippen LogP contribution >= 0.6 is 0 Å². The Morgan fingerprint density at radius 2 is 1.93 bits per heavy atom. The van der Waals surface area contributed by atoms with Crippen molar-refractivity contribution in [1.82, 2.24) is 14.6 Å². The van der Waals surface area contributed by atoms with Crippen molar-refractivity contribution in [2.75, 3.05) is 19.2 Å². The highest BCUT2D eigenvalue weighted by Crippen LogP contribution is 2.35. The predicted octanol–water partition coefficient (Wildman–Crippen LogP) is 3.88. The molecule has 4 aromatic rings. The first kappa shape index (κ1) is 15.5. The van der Waals surface area contributed by atoms with Gasteiger partial charge < -0.3 is 19.5 Å². The molecule has 2 aromatic carbocycles. The Bertz CT molecular complexity index is 1140. The lowest BCUT2D eigenvalue weighted by Crippen LogP contribution is -2.03. The molecule has 0 fully saturated rings. The molecule has 1 aliphatic heterocycles. The minimum absolute atomic E-state index is 0.243. The average molecular weight is 360 g/mol. The van der Waals surface area contributed by atoms with Crippen molar-refractivity contribution in [3.05, 3.63) is 60.8 Å². The summed E-state index contributed by atoms with van der Waals surface area (Å²) in [5.41, 5.74) is 3.61. The second-order valence-corrected chi connectivity index (χ2v) is 6.03. The molecule has 0 amide bonds. The van der Waals surface area contributed by atoms with E-state index in [9.17, 15) is 0 Å². The Morgan fingerprint density at radius 1 is 1.04 bits per heavy atom. The zero-order valence-corrected chi connectivity index (χ0v) is 14.5. The maximum absolute atomic E-state index is 5.49. The van der Waals surface area contributed by atoms with Gasteiger partial charge in [-0.2, -0.15) is 0 Å². The van der Waals surface area contributed by atoms with E-state index in [1.807, 2.05) is 59.1 Å². The van der Waals surface area contributed by atoms with Gasteiger partial charge >= 0.3 is 0 Å². The number of aromatic nitrogens is 3. The lowest BCUT2D eigenvalue weighted by Gasteiger charge is -2.10. The van der Waals surface area contributed by atoms with E-state index in [0.29, 0.717) is 11.7 Å². The SMILES string of the molecule is COc1ccccc1-c1ccc2cnc(Nc3ccc4c(c3)OCO4)nn12. The molecule has 0 aliphatic carbocycles. The van der Waals surface area contributed by atoms with Crippen LogP contribution in [0.3, 0.4) is 0 Å². The monoisotopic (exact) mass is 360 g/mol. The number of benzene rings is 2. The van der Waals surface area contributed by atoms with Gasteiger partial charge in [-0.15, -0.1) is 5.10 Å². The van der Waals surface area contributed by atoms with Gasteiger partial charge in [-0.25, -0.2) is 9.50 Å². The zero-order valence-electron chi connectivity index (χ0n) is 14.5. The number of fused-ring (bicyclic) bond motifs is 2. The van der Waals surface area contributed by atoms with E-state index in [-0.39, 0.29) is 6.79 Å². The van der Waals surface area contributed by atoms with E-state index in [4.69, 9.17) is 14.2 Å². The number of hydrogen-bond donors (Lipinski definition) is 1. The Hall–Kier alpha value is -3.74. The second kappa shape index (κ2) is 6.21. The quantitative estimate of drug-likeness (QED) is 0.596. The third-order valence-electron chi connectivity index (χ3n) is 4.41. The van der Waals surface area contributed by atoms with Crippen molar-refractivity contribution in [1.29, 1.82) is 0 Å². The van der Waals surface area contributed by atoms with E-state index in [1.54, 1.807) is 13.3 Å². The molecule has 0 spiro atoms. The van der Waals surface area contributed by atoms with Crippen LogP contribution in [0.1, 0.15) is 0 Å². The van der Waals surface area contributed by atoms with Gasteiger partial charge in [-0.3, -0.25) is 0 Å². The lowest BCUT2D eigenvalue weighted by molar-refractivity contribution is 0.174. The highest BCUT2D eigenvalue weighted by atomic mass is 16.7. The summed E-state index contributed by atoms with van der Waals surface area (Å²) in [5.74, 6) is 2.72. The van der Waals surface area contributed by atoms with Crippen LogP contribution in [0.15, 0.2) is 60.8 Å². The Labute approximate surface area is 155 Å². The number of methoxy groups -OCH3 is 1. The van der Waals surface area contributed by atoms with Gasteiger partial charge in [-0.1, -0.05) is 12.1 Å². The minimum atomic E-state index is 0.243. The van der Waals surface area contributed by atoms with Crippen LogP contribution in [-0.4, -0.2) is 28.5 Å². The molecular weight excluding hydrogens is 344 g/mol. The minimum Gasteiger partial charge on any atom is -0.496 e. The van der Waals surface area contributed by atoms with Crippen LogP contribution in [0.2, 0.25) is 0 Å². The number of hydrogen-bond acceptors (Lipinski definition) is 6. The number of rotatable bonds is 4. The van der Waals surface area contributed by atoms with Crippen LogP contribution < -0.4 is 19.5 Å². The van der Waals surface area contributed by atoms with Crippen molar-refractivity contribution in [2.24, 2.45) is 0 Å². The van der Waals surface area contributed by atoms with E-state index in [2.05, 4.69) is 15.4 Å². The highest BCUT2D eigenvalue weighted by Gasteiger charge is 2.15. The van der Waals surface area contributed by atoms with E-state index in [0.717, 1.165) is 34.0 Å². The smallest absolute Gasteiger partial charge is 0.245 e. The summed E-state index contributed by atoms with van der Waals surface area (Å²) in [7, 11) is 1.66. The third-order valence-corrected chi connectivity index (χ3v) is 4.41. The number of para-hydroxylation sites is 1. The molecule has 1 aliphatic rings. The normalized spacial score (nSPS) is 12.3. The fourth-order valence-electron chi connectivity index (χ4n) is 3.12. The number of ether oxygens (including phenoxy) is 3. The maximum Gasteiger partial charge on any atom is 0.245 e. The summed E-state index contributed by atoms with van der Waals surface area (Å²) in [6, 6.07) is 17.5. The van der Waals surface area contributed by atoms with E-state index in [1.165, 1.54) is 0 Å². The van der Waals surface area contributed by atoms with Crippen LogP contribution in [0, 0.1) is 0 Å². The van der Waals surface area contributed by atoms with Crippen LogP contribution in [0.4, 0.5) is 11.6 Å². The number of nitrogens with one attached hydrogen (secondary N) is 1. The molecule has 0 atom stereocenters. The fraction of sp³-hybridized carbons (Fsp3) is 0.100. The number of nitrogens with zero attached hydrogens (tertiary/aromatic N) is 3. The Kier molecular flexibility index (Phi) is 3.57. The fourth-order valence-corrected chi connectivity index (χ4v) is 3.12. The summed E-state index contributed by atoms with van der Waals surface area (Å²) in [5, 5.41) is 7.86. The van der Waals surface area contributed by atoms with Crippen LogP contribution in [-0.2, 0) is 0 Å². The third kappa shape index (κ3) is 2.69. The van der Waals surface area contributed by atoms with Crippen LogP contribution in [0.25, 0.3) is 16.8 Å². The molecular formula is C20H16N4O3. The molecule has 0 unspecified atom stereocenters. The first-order chi connectivity index (χ1) is 13.3. The van der Waals surface area contributed by atoms with Gasteiger partial charge in [0.1, 0.15) is 5.75 Å². The molecule has 3 heterocycles. The van der Waals surface area contributed by atoms with Gasteiger partial charge in [0.05, 0.1) is 24.5 Å². The molecule has 2 aromatic heterocycles. The van der Waals surface area contributed by atoms with E-state index < -0.39 is 0 Å².